The van der Waals surface area contributed by atoms with Crippen LogP contribution in [0.2, 0.25) is 0 Å². The number of nitrogens with zero attached hydrogens (tertiary/aromatic N) is 3. The standard InChI is InChI=1S/C26H24N4O3S/c31-25(27-20-12-13-22-23(17-20)33-18-32-22)15-16-34-26-29-28-24(14-11-19-7-3-1-4-8-19)30(26)21-9-5-2-6-10-21/h1-10,12-13,17H,11,14-16,18H2,(H,27,31). The summed E-state index contributed by atoms with van der Waals surface area (Å²) in [7, 11) is 0. The summed E-state index contributed by atoms with van der Waals surface area (Å²) in [5.74, 6) is 2.76. The summed E-state index contributed by atoms with van der Waals surface area (Å²) < 4.78 is 12.8. The number of ether oxygens (including phenoxy) is 2. The van der Waals surface area contributed by atoms with Crippen molar-refractivity contribution in [1.29, 1.82) is 0 Å². The number of benzene rings is 3. The Kier molecular flexibility index (Phi) is 6.76. The fourth-order valence-corrected chi connectivity index (χ4v) is 4.63. The van der Waals surface area contributed by atoms with Gasteiger partial charge in [-0.15, -0.1) is 10.2 Å². The van der Waals surface area contributed by atoms with Crippen LogP contribution >= 0.6 is 11.8 Å². The molecule has 0 aliphatic carbocycles. The topological polar surface area (TPSA) is 78.3 Å². The molecule has 1 aliphatic heterocycles. The van der Waals surface area contributed by atoms with E-state index in [2.05, 4.69) is 32.2 Å². The van der Waals surface area contributed by atoms with Crippen LogP contribution in [-0.2, 0) is 17.6 Å². The van der Waals surface area contributed by atoms with E-state index >= 15 is 0 Å². The minimum absolute atomic E-state index is 0.0681. The van der Waals surface area contributed by atoms with Gasteiger partial charge in [0.2, 0.25) is 12.7 Å². The first-order chi connectivity index (χ1) is 16.8. The molecule has 1 aliphatic rings. The van der Waals surface area contributed by atoms with Gasteiger partial charge in [-0.1, -0.05) is 60.3 Å². The summed E-state index contributed by atoms with van der Waals surface area (Å²) in [4.78, 5) is 12.5. The van der Waals surface area contributed by atoms with E-state index in [1.165, 1.54) is 17.3 Å². The number of thioether (sulfide) groups is 1. The molecule has 3 aromatic carbocycles. The molecule has 0 saturated carbocycles. The zero-order valence-corrected chi connectivity index (χ0v) is 19.3. The second-order valence-corrected chi connectivity index (χ2v) is 8.83. The van der Waals surface area contributed by atoms with Gasteiger partial charge < -0.3 is 14.8 Å². The number of aromatic nitrogens is 3. The summed E-state index contributed by atoms with van der Waals surface area (Å²) in [6, 6.07) is 25.8. The van der Waals surface area contributed by atoms with Crippen LogP contribution in [0.3, 0.4) is 0 Å². The normalized spacial score (nSPS) is 12.0. The minimum Gasteiger partial charge on any atom is -0.454 e. The maximum atomic E-state index is 12.5. The number of fused-ring (bicyclic) bond motifs is 1. The lowest BCUT2D eigenvalue weighted by Gasteiger charge is -2.10. The van der Waals surface area contributed by atoms with Crippen LogP contribution in [0, 0.1) is 0 Å². The Morgan fingerprint density at radius 2 is 1.68 bits per heavy atom. The predicted molar refractivity (Wildman–Crippen MR) is 132 cm³/mol. The molecule has 1 N–H and O–H groups in total. The molecule has 4 aromatic rings. The van der Waals surface area contributed by atoms with Crippen molar-refractivity contribution >= 4 is 23.4 Å². The van der Waals surface area contributed by atoms with Crippen molar-refractivity contribution in [2.75, 3.05) is 17.9 Å². The molecule has 0 spiro atoms. The second kappa shape index (κ2) is 10.4. The zero-order chi connectivity index (χ0) is 23.2. The highest BCUT2D eigenvalue weighted by Gasteiger charge is 2.16. The van der Waals surface area contributed by atoms with E-state index in [-0.39, 0.29) is 12.7 Å². The first-order valence-electron chi connectivity index (χ1n) is 11.1. The highest BCUT2D eigenvalue weighted by atomic mass is 32.2. The SMILES string of the molecule is O=C(CCSc1nnc(CCc2ccccc2)n1-c1ccccc1)Nc1ccc2c(c1)OCO2. The van der Waals surface area contributed by atoms with Crippen LogP contribution < -0.4 is 14.8 Å². The molecule has 0 fully saturated rings. The van der Waals surface area contributed by atoms with Crippen LogP contribution in [0.4, 0.5) is 5.69 Å². The number of carbonyl (C=O) groups is 1. The molecule has 0 unspecified atom stereocenters. The van der Waals surface area contributed by atoms with Gasteiger partial charge in [-0.05, 0) is 36.2 Å². The van der Waals surface area contributed by atoms with Gasteiger partial charge in [-0.25, -0.2) is 0 Å². The lowest BCUT2D eigenvalue weighted by molar-refractivity contribution is -0.115. The van der Waals surface area contributed by atoms with Crippen molar-refractivity contribution in [3.63, 3.8) is 0 Å². The highest BCUT2D eigenvalue weighted by molar-refractivity contribution is 7.99. The van der Waals surface area contributed by atoms with E-state index in [0.717, 1.165) is 29.5 Å². The van der Waals surface area contributed by atoms with Gasteiger partial charge in [-0.3, -0.25) is 9.36 Å². The van der Waals surface area contributed by atoms with Gasteiger partial charge >= 0.3 is 0 Å². The smallest absolute Gasteiger partial charge is 0.231 e. The Morgan fingerprint density at radius 3 is 2.50 bits per heavy atom. The fourth-order valence-electron chi connectivity index (χ4n) is 3.73. The molecule has 1 amide bonds. The number of amides is 1. The summed E-state index contributed by atoms with van der Waals surface area (Å²) in [5.41, 5.74) is 2.97. The van der Waals surface area contributed by atoms with E-state index in [1.54, 1.807) is 12.1 Å². The summed E-state index contributed by atoms with van der Waals surface area (Å²) in [6.45, 7) is 0.207. The van der Waals surface area contributed by atoms with E-state index in [9.17, 15) is 4.79 Å². The second-order valence-electron chi connectivity index (χ2n) is 7.77. The van der Waals surface area contributed by atoms with Gasteiger partial charge in [0.1, 0.15) is 5.82 Å². The van der Waals surface area contributed by atoms with Gasteiger partial charge in [-0.2, -0.15) is 0 Å². The average Bonchev–Trinajstić information content (AvgIpc) is 3.50. The Labute approximate surface area is 202 Å². The number of hydrogen-bond donors (Lipinski definition) is 1. The van der Waals surface area contributed by atoms with Gasteiger partial charge in [0.15, 0.2) is 16.7 Å². The third kappa shape index (κ3) is 5.23. The van der Waals surface area contributed by atoms with Crippen molar-refractivity contribution in [2.45, 2.75) is 24.4 Å². The molecular weight excluding hydrogens is 448 g/mol. The van der Waals surface area contributed by atoms with Crippen LogP contribution in [0.25, 0.3) is 5.69 Å². The Morgan fingerprint density at radius 1 is 0.912 bits per heavy atom. The minimum atomic E-state index is -0.0681. The lowest BCUT2D eigenvalue weighted by atomic mass is 10.1. The summed E-state index contributed by atoms with van der Waals surface area (Å²) in [6.07, 6.45) is 2.01. The van der Waals surface area contributed by atoms with Crippen LogP contribution in [0.15, 0.2) is 84.0 Å². The molecule has 5 rings (SSSR count). The average molecular weight is 473 g/mol. The molecule has 34 heavy (non-hydrogen) atoms. The molecule has 172 valence electrons. The van der Waals surface area contributed by atoms with Crippen molar-refractivity contribution in [2.24, 2.45) is 0 Å². The fraction of sp³-hybridized carbons (Fsp3) is 0.192. The Balaban J connectivity index is 1.23. The molecule has 0 saturated heterocycles. The highest BCUT2D eigenvalue weighted by Crippen LogP contribution is 2.34. The van der Waals surface area contributed by atoms with E-state index in [4.69, 9.17) is 9.47 Å². The molecule has 8 heteroatoms. The number of para-hydroxylation sites is 1. The third-order valence-corrected chi connectivity index (χ3v) is 6.34. The number of rotatable bonds is 9. The summed E-state index contributed by atoms with van der Waals surface area (Å²) in [5, 5.41) is 12.6. The van der Waals surface area contributed by atoms with Gasteiger partial charge in [0, 0.05) is 36.0 Å². The number of nitrogens with one attached hydrogen (secondary N) is 1. The number of hydrogen-bond acceptors (Lipinski definition) is 6. The van der Waals surface area contributed by atoms with Crippen molar-refractivity contribution in [3.8, 4) is 17.2 Å². The van der Waals surface area contributed by atoms with Gasteiger partial charge in [0.25, 0.3) is 0 Å². The molecule has 0 radical (unpaired) electrons. The van der Waals surface area contributed by atoms with Crippen molar-refractivity contribution < 1.29 is 14.3 Å². The molecule has 7 nitrogen and oxygen atoms in total. The van der Waals surface area contributed by atoms with E-state index < -0.39 is 0 Å². The predicted octanol–water partition coefficient (Wildman–Crippen LogP) is 4.90. The van der Waals surface area contributed by atoms with Gasteiger partial charge in [0.05, 0.1) is 0 Å². The summed E-state index contributed by atoms with van der Waals surface area (Å²) >= 11 is 1.53. The van der Waals surface area contributed by atoms with E-state index in [1.807, 2.05) is 54.6 Å². The zero-order valence-electron chi connectivity index (χ0n) is 18.5. The van der Waals surface area contributed by atoms with Crippen LogP contribution in [0.5, 0.6) is 11.5 Å². The largest absolute Gasteiger partial charge is 0.454 e. The number of aryl methyl sites for hydroxylation is 2. The molecule has 2 heterocycles. The molecule has 0 bridgehead atoms. The molecule has 1 aromatic heterocycles. The van der Waals surface area contributed by atoms with Crippen LogP contribution in [-0.4, -0.2) is 33.2 Å². The lowest BCUT2D eigenvalue weighted by Crippen LogP contribution is -2.12. The Hall–Kier alpha value is -3.78. The molecule has 0 atom stereocenters. The third-order valence-electron chi connectivity index (χ3n) is 5.41. The number of carbonyl (C=O) groups excluding carboxylic acids is 1. The maximum absolute atomic E-state index is 12.5. The van der Waals surface area contributed by atoms with E-state index in [0.29, 0.717) is 29.4 Å². The first kappa shape index (κ1) is 22.0. The number of anilines is 1. The quantitative estimate of drug-likeness (QED) is 0.349. The van der Waals surface area contributed by atoms with Crippen LogP contribution in [0.1, 0.15) is 17.8 Å². The maximum Gasteiger partial charge on any atom is 0.231 e. The van der Waals surface area contributed by atoms with Crippen molar-refractivity contribution in [3.05, 3.63) is 90.3 Å². The Bertz CT molecular complexity index is 1260. The molecular formula is C26H24N4O3S. The monoisotopic (exact) mass is 472 g/mol. The van der Waals surface area contributed by atoms with Crippen molar-refractivity contribution in [1.82, 2.24) is 14.8 Å². The first-order valence-corrected chi connectivity index (χ1v) is 12.1.